The number of benzene rings is 3. The van der Waals surface area contributed by atoms with Gasteiger partial charge in [0.15, 0.2) is 5.11 Å². The number of anilines is 3. The first-order valence-electron chi connectivity index (χ1n) is 8.95. The molecule has 29 heavy (non-hydrogen) atoms. The number of thiocarbonyl (C=S) groups is 1. The summed E-state index contributed by atoms with van der Waals surface area (Å²) in [5.74, 6) is 0.778. The van der Waals surface area contributed by atoms with Gasteiger partial charge in [0.05, 0.1) is 11.5 Å². The van der Waals surface area contributed by atoms with E-state index < -0.39 is 10.0 Å². The summed E-state index contributed by atoms with van der Waals surface area (Å²) in [5, 5.41) is 6.41. The van der Waals surface area contributed by atoms with Crippen LogP contribution in [-0.2, 0) is 10.0 Å². The molecule has 6 nitrogen and oxygen atoms in total. The van der Waals surface area contributed by atoms with E-state index in [4.69, 9.17) is 17.0 Å². The predicted molar refractivity (Wildman–Crippen MR) is 121 cm³/mol. The zero-order valence-electron chi connectivity index (χ0n) is 15.8. The highest BCUT2D eigenvalue weighted by Crippen LogP contribution is 2.20. The fourth-order valence-electron chi connectivity index (χ4n) is 2.56. The van der Waals surface area contributed by atoms with Crippen molar-refractivity contribution in [3.63, 3.8) is 0 Å². The fourth-order valence-corrected chi connectivity index (χ4v) is 3.90. The molecule has 8 heteroatoms. The Kier molecular flexibility index (Phi) is 6.69. The number of rotatable bonds is 7. The van der Waals surface area contributed by atoms with Gasteiger partial charge in [-0.25, -0.2) is 8.42 Å². The monoisotopic (exact) mass is 427 g/mol. The Balaban J connectivity index is 1.66. The Hall–Kier alpha value is -3.10. The summed E-state index contributed by atoms with van der Waals surface area (Å²) < 4.78 is 33.2. The highest BCUT2D eigenvalue weighted by atomic mass is 32.2. The normalized spacial score (nSPS) is 10.8. The van der Waals surface area contributed by atoms with Crippen molar-refractivity contribution in [2.24, 2.45) is 0 Å². The second-order valence-corrected chi connectivity index (χ2v) is 8.13. The van der Waals surface area contributed by atoms with Crippen molar-refractivity contribution in [3.05, 3.63) is 78.9 Å². The molecule has 150 valence electrons. The number of sulfonamides is 1. The maximum absolute atomic E-state index is 12.6. The van der Waals surface area contributed by atoms with Crippen LogP contribution in [0.25, 0.3) is 0 Å². The minimum atomic E-state index is -3.71. The van der Waals surface area contributed by atoms with Gasteiger partial charge in [0.1, 0.15) is 5.75 Å². The van der Waals surface area contributed by atoms with Gasteiger partial charge in [-0.15, -0.1) is 0 Å². The highest BCUT2D eigenvalue weighted by Gasteiger charge is 2.14. The third-order valence-electron chi connectivity index (χ3n) is 3.85. The second-order valence-electron chi connectivity index (χ2n) is 6.04. The first-order chi connectivity index (χ1) is 14.0. The van der Waals surface area contributed by atoms with E-state index in [9.17, 15) is 8.42 Å². The van der Waals surface area contributed by atoms with E-state index in [1.54, 1.807) is 36.4 Å². The molecule has 3 aromatic carbocycles. The van der Waals surface area contributed by atoms with Crippen molar-refractivity contribution < 1.29 is 13.2 Å². The van der Waals surface area contributed by atoms with E-state index in [0.717, 1.165) is 11.4 Å². The molecule has 0 atom stereocenters. The van der Waals surface area contributed by atoms with Gasteiger partial charge in [-0.1, -0.05) is 24.3 Å². The van der Waals surface area contributed by atoms with E-state index in [1.807, 2.05) is 37.3 Å². The first-order valence-corrected chi connectivity index (χ1v) is 10.8. The van der Waals surface area contributed by atoms with Crippen molar-refractivity contribution in [1.82, 2.24) is 0 Å². The maximum Gasteiger partial charge on any atom is 0.261 e. The molecule has 0 heterocycles. The van der Waals surface area contributed by atoms with Crippen LogP contribution in [0.15, 0.2) is 83.8 Å². The molecule has 0 unspecified atom stereocenters. The third kappa shape index (κ3) is 5.94. The van der Waals surface area contributed by atoms with Gasteiger partial charge in [-0.3, -0.25) is 4.72 Å². The van der Waals surface area contributed by atoms with E-state index in [-0.39, 0.29) is 4.90 Å². The van der Waals surface area contributed by atoms with Gasteiger partial charge in [0.2, 0.25) is 0 Å². The average Bonchev–Trinajstić information content (AvgIpc) is 2.70. The molecule has 0 aliphatic carbocycles. The molecule has 0 spiro atoms. The van der Waals surface area contributed by atoms with Crippen molar-refractivity contribution in [3.8, 4) is 5.75 Å². The number of hydrogen-bond acceptors (Lipinski definition) is 4. The Morgan fingerprint density at radius 2 is 1.52 bits per heavy atom. The topological polar surface area (TPSA) is 79.5 Å². The van der Waals surface area contributed by atoms with Crippen LogP contribution >= 0.6 is 12.2 Å². The summed E-state index contributed by atoms with van der Waals surface area (Å²) in [4.78, 5) is 0.134. The van der Waals surface area contributed by atoms with Crippen LogP contribution in [0, 0.1) is 0 Å². The van der Waals surface area contributed by atoms with Gasteiger partial charge >= 0.3 is 0 Å². The molecule has 0 saturated heterocycles. The van der Waals surface area contributed by atoms with Crippen LogP contribution in [0.2, 0.25) is 0 Å². The van der Waals surface area contributed by atoms with Crippen LogP contribution < -0.4 is 20.1 Å². The highest BCUT2D eigenvalue weighted by molar-refractivity contribution is 7.92. The molecule has 0 radical (unpaired) electrons. The van der Waals surface area contributed by atoms with Crippen LogP contribution in [0.4, 0.5) is 17.1 Å². The molecule has 0 aliphatic rings. The molecule has 3 aromatic rings. The minimum absolute atomic E-state index is 0.134. The van der Waals surface area contributed by atoms with Gasteiger partial charge < -0.3 is 15.4 Å². The molecule has 3 rings (SSSR count). The van der Waals surface area contributed by atoms with Gasteiger partial charge in [-0.2, -0.15) is 0 Å². The molecule has 0 fully saturated rings. The summed E-state index contributed by atoms with van der Waals surface area (Å²) in [7, 11) is -3.71. The molecule has 0 aliphatic heterocycles. The average molecular weight is 428 g/mol. The molecule has 3 N–H and O–H groups in total. The van der Waals surface area contributed by atoms with E-state index in [0.29, 0.717) is 23.1 Å². The number of hydrogen-bond donors (Lipinski definition) is 3. The quantitative estimate of drug-likeness (QED) is 0.475. The first kappa shape index (κ1) is 20.6. The number of ether oxygens (including phenoxy) is 1. The lowest BCUT2D eigenvalue weighted by Gasteiger charge is -2.13. The molecule has 0 bridgehead atoms. The molecule has 0 amide bonds. The van der Waals surface area contributed by atoms with Crippen molar-refractivity contribution in [1.29, 1.82) is 0 Å². The third-order valence-corrected chi connectivity index (χ3v) is 5.43. The van der Waals surface area contributed by atoms with Crippen LogP contribution in [0.5, 0.6) is 5.75 Å². The molecule has 0 aromatic heterocycles. The fraction of sp³-hybridized carbons (Fsp3) is 0.0952. The predicted octanol–water partition coefficient (Wildman–Crippen LogP) is 4.70. The Morgan fingerprint density at radius 3 is 2.21 bits per heavy atom. The number of para-hydroxylation sites is 1. The summed E-state index contributed by atoms with van der Waals surface area (Å²) in [6.45, 7) is 2.53. The zero-order valence-corrected chi connectivity index (χ0v) is 17.4. The van der Waals surface area contributed by atoms with E-state index in [2.05, 4.69) is 15.4 Å². The molecule has 0 saturated carbocycles. The second kappa shape index (κ2) is 9.40. The summed E-state index contributed by atoms with van der Waals surface area (Å²) in [6.07, 6.45) is 0. The lowest BCUT2D eigenvalue weighted by molar-refractivity contribution is 0.340. The lowest BCUT2D eigenvalue weighted by atomic mass is 10.3. The largest absolute Gasteiger partial charge is 0.494 e. The van der Waals surface area contributed by atoms with E-state index >= 15 is 0 Å². The van der Waals surface area contributed by atoms with Crippen LogP contribution in [0.3, 0.4) is 0 Å². The number of nitrogens with one attached hydrogen (secondary N) is 3. The Labute approximate surface area is 176 Å². The molecular formula is C21H21N3O3S2. The lowest BCUT2D eigenvalue weighted by Crippen LogP contribution is -2.19. The minimum Gasteiger partial charge on any atom is -0.494 e. The SMILES string of the molecule is CCOc1ccc(NC(=S)Nc2cccc(S(=O)(=O)Nc3ccccc3)c2)cc1. The summed E-state index contributed by atoms with van der Waals surface area (Å²) in [5.41, 5.74) is 1.85. The van der Waals surface area contributed by atoms with E-state index in [1.165, 1.54) is 12.1 Å². The maximum atomic E-state index is 12.6. The summed E-state index contributed by atoms with van der Waals surface area (Å²) in [6, 6.07) is 22.6. The van der Waals surface area contributed by atoms with Crippen molar-refractivity contribution in [2.75, 3.05) is 22.0 Å². The molecular weight excluding hydrogens is 406 g/mol. The van der Waals surface area contributed by atoms with Gasteiger partial charge in [-0.05, 0) is 73.7 Å². The van der Waals surface area contributed by atoms with Crippen LogP contribution in [-0.4, -0.2) is 20.1 Å². The smallest absolute Gasteiger partial charge is 0.261 e. The standard InChI is InChI=1S/C21H21N3O3S2/c1-2-27-19-13-11-16(12-14-19)22-21(28)23-18-9-6-10-20(15-18)29(25,26)24-17-7-4-3-5-8-17/h3-15,24H,2H2,1H3,(H2,22,23,28). The van der Waals surface area contributed by atoms with Crippen molar-refractivity contribution in [2.45, 2.75) is 11.8 Å². The Morgan fingerprint density at radius 1 is 0.862 bits per heavy atom. The van der Waals surface area contributed by atoms with Crippen molar-refractivity contribution >= 4 is 44.4 Å². The Bertz CT molecular complexity index is 1070. The summed E-state index contributed by atoms with van der Waals surface area (Å²) >= 11 is 5.33. The zero-order chi connectivity index (χ0) is 20.7. The van der Waals surface area contributed by atoms with Gasteiger partial charge in [0, 0.05) is 17.1 Å². The van der Waals surface area contributed by atoms with Crippen LogP contribution in [0.1, 0.15) is 6.92 Å². The van der Waals surface area contributed by atoms with Gasteiger partial charge in [0.25, 0.3) is 10.0 Å².